The van der Waals surface area contributed by atoms with Crippen LogP contribution in [0.1, 0.15) is 11.6 Å². The minimum Gasteiger partial charge on any atom is -0.394 e. The summed E-state index contributed by atoms with van der Waals surface area (Å²) in [5.74, 6) is 0. The number of aliphatic hydroxyl groups is 1. The highest BCUT2D eigenvalue weighted by molar-refractivity contribution is 5.89. The summed E-state index contributed by atoms with van der Waals surface area (Å²) in [7, 11) is 0. The summed E-state index contributed by atoms with van der Waals surface area (Å²) in [6.07, 6.45) is 3.47. The van der Waals surface area contributed by atoms with Gasteiger partial charge in [-0.05, 0) is 41.0 Å². The number of nitrogens with zero attached hydrogens (tertiary/aromatic N) is 1. The molecule has 2 atom stereocenters. The van der Waals surface area contributed by atoms with Crippen molar-refractivity contribution in [1.82, 2.24) is 10.3 Å². The van der Waals surface area contributed by atoms with E-state index in [0.29, 0.717) is 5.69 Å². The number of aromatic nitrogens is 1. The summed E-state index contributed by atoms with van der Waals surface area (Å²) >= 11 is 0. The lowest BCUT2D eigenvalue weighted by atomic mass is 10.0. The van der Waals surface area contributed by atoms with E-state index in [4.69, 9.17) is 5.73 Å². The van der Waals surface area contributed by atoms with Crippen LogP contribution in [0.4, 0.5) is 10.5 Å². The molecule has 3 aromatic rings. The third-order valence-electron chi connectivity index (χ3n) is 4.29. The Morgan fingerprint density at radius 1 is 0.963 bits per heavy atom. The molecule has 3 rings (SSSR count). The fourth-order valence-electron chi connectivity index (χ4n) is 2.78. The molecule has 2 aromatic carbocycles. The van der Waals surface area contributed by atoms with Crippen molar-refractivity contribution in [3.63, 3.8) is 0 Å². The Kier molecular flexibility index (Phi) is 6.14. The van der Waals surface area contributed by atoms with Gasteiger partial charge in [-0.2, -0.15) is 0 Å². The Labute approximate surface area is 158 Å². The summed E-state index contributed by atoms with van der Waals surface area (Å²) in [4.78, 5) is 16.3. The lowest BCUT2D eigenvalue weighted by Gasteiger charge is -2.23. The molecule has 0 bridgehead atoms. The van der Waals surface area contributed by atoms with Gasteiger partial charge < -0.3 is 21.5 Å². The summed E-state index contributed by atoms with van der Waals surface area (Å²) < 4.78 is 0. The van der Waals surface area contributed by atoms with Crippen LogP contribution in [0, 0.1) is 0 Å². The van der Waals surface area contributed by atoms with Gasteiger partial charge >= 0.3 is 6.03 Å². The van der Waals surface area contributed by atoms with E-state index in [0.717, 1.165) is 16.7 Å². The zero-order valence-electron chi connectivity index (χ0n) is 14.7. The van der Waals surface area contributed by atoms with Crippen molar-refractivity contribution in [2.45, 2.75) is 12.1 Å². The second-order valence-electron chi connectivity index (χ2n) is 6.14. The topological polar surface area (TPSA) is 100 Å². The second kappa shape index (κ2) is 8.93. The van der Waals surface area contributed by atoms with Crippen LogP contribution in [-0.2, 0) is 0 Å². The average Bonchev–Trinajstić information content (AvgIpc) is 2.73. The molecule has 27 heavy (non-hydrogen) atoms. The van der Waals surface area contributed by atoms with Crippen molar-refractivity contribution in [1.29, 1.82) is 0 Å². The smallest absolute Gasteiger partial charge is 0.319 e. The standard InChI is InChI=1S/C21H22N4O2/c22-20(17-4-2-1-3-5-17)19(14-26)25-21(27)24-18-8-6-15(7-9-18)16-10-12-23-13-11-16/h1-13,19-20,26H,14,22H2,(H2,24,25,27)/t19-,20-/m0/s1. The van der Waals surface area contributed by atoms with Crippen LogP contribution in [-0.4, -0.2) is 28.8 Å². The maximum absolute atomic E-state index is 12.3. The lowest BCUT2D eigenvalue weighted by molar-refractivity contribution is 0.213. The number of aliphatic hydroxyl groups excluding tert-OH is 1. The highest BCUT2D eigenvalue weighted by Gasteiger charge is 2.20. The van der Waals surface area contributed by atoms with E-state index in [1.807, 2.05) is 66.7 Å². The van der Waals surface area contributed by atoms with E-state index in [9.17, 15) is 9.90 Å². The molecule has 0 aliphatic carbocycles. The molecule has 0 aliphatic heterocycles. The molecule has 138 valence electrons. The molecule has 1 aromatic heterocycles. The minimum absolute atomic E-state index is 0.259. The summed E-state index contributed by atoms with van der Waals surface area (Å²) in [6, 6.07) is 19.2. The van der Waals surface area contributed by atoms with E-state index >= 15 is 0 Å². The number of urea groups is 1. The maximum atomic E-state index is 12.3. The number of carbonyl (C=O) groups excluding carboxylic acids is 1. The monoisotopic (exact) mass is 362 g/mol. The molecule has 0 spiro atoms. The molecule has 5 N–H and O–H groups in total. The maximum Gasteiger partial charge on any atom is 0.319 e. The minimum atomic E-state index is -0.594. The first-order valence-corrected chi connectivity index (χ1v) is 8.67. The SMILES string of the molecule is N[C@@H](c1ccccc1)[C@H](CO)NC(=O)Nc1ccc(-c2ccncc2)cc1. The van der Waals surface area contributed by atoms with Crippen LogP contribution in [0.3, 0.4) is 0 Å². The van der Waals surface area contributed by atoms with Gasteiger partial charge in [-0.1, -0.05) is 42.5 Å². The van der Waals surface area contributed by atoms with Crippen molar-refractivity contribution in [2.75, 3.05) is 11.9 Å². The Morgan fingerprint density at radius 3 is 2.22 bits per heavy atom. The molecule has 0 unspecified atom stereocenters. The first kappa shape index (κ1) is 18.6. The lowest BCUT2D eigenvalue weighted by Crippen LogP contribution is -2.46. The number of nitrogens with two attached hydrogens (primary N) is 1. The molecule has 2 amide bonds. The van der Waals surface area contributed by atoms with Gasteiger partial charge in [0, 0.05) is 18.1 Å². The van der Waals surface area contributed by atoms with Crippen LogP contribution < -0.4 is 16.4 Å². The molecule has 0 radical (unpaired) electrons. The Balaban J connectivity index is 1.61. The normalized spacial score (nSPS) is 12.8. The van der Waals surface area contributed by atoms with Crippen LogP contribution in [0.25, 0.3) is 11.1 Å². The van der Waals surface area contributed by atoms with Gasteiger partial charge in [0.2, 0.25) is 0 Å². The third-order valence-corrected chi connectivity index (χ3v) is 4.29. The number of rotatable bonds is 6. The van der Waals surface area contributed by atoms with Gasteiger partial charge in [0.15, 0.2) is 0 Å². The molecule has 0 aliphatic rings. The third kappa shape index (κ3) is 4.91. The van der Waals surface area contributed by atoms with Crippen LogP contribution in [0.15, 0.2) is 79.1 Å². The van der Waals surface area contributed by atoms with Crippen LogP contribution in [0.2, 0.25) is 0 Å². The molecule has 6 nitrogen and oxygen atoms in total. The number of amides is 2. The molecule has 6 heteroatoms. The predicted molar refractivity (Wildman–Crippen MR) is 106 cm³/mol. The molecule has 0 fully saturated rings. The van der Waals surface area contributed by atoms with Gasteiger partial charge in [0.1, 0.15) is 0 Å². The van der Waals surface area contributed by atoms with Crippen LogP contribution in [0.5, 0.6) is 0 Å². The van der Waals surface area contributed by atoms with E-state index < -0.39 is 18.1 Å². The fourth-order valence-corrected chi connectivity index (χ4v) is 2.78. The number of benzene rings is 2. The number of nitrogens with one attached hydrogen (secondary N) is 2. The molecule has 1 heterocycles. The number of hydrogen-bond acceptors (Lipinski definition) is 4. The first-order chi connectivity index (χ1) is 13.2. The van der Waals surface area contributed by atoms with Crippen molar-refractivity contribution in [3.05, 3.63) is 84.7 Å². The van der Waals surface area contributed by atoms with E-state index in [1.165, 1.54) is 0 Å². The van der Waals surface area contributed by atoms with Crippen LogP contribution >= 0.6 is 0 Å². The van der Waals surface area contributed by atoms with Crippen molar-refractivity contribution >= 4 is 11.7 Å². The molecular weight excluding hydrogens is 340 g/mol. The zero-order valence-corrected chi connectivity index (χ0v) is 14.7. The van der Waals surface area contributed by atoms with Crippen molar-refractivity contribution in [3.8, 4) is 11.1 Å². The number of hydrogen-bond donors (Lipinski definition) is 4. The van der Waals surface area contributed by atoms with E-state index in [-0.39, 0.29) is 6.61 Å². The number of carbonyl (C=O) groups is 1. The average molecular weight is 362 g/mol. The predicted octanol–water partition coefficient (Wildman–Crippen LogP) is 2.93. The van der Waals surface area contributed by atoms with Gasteiger partial charge in [-0.3, -0.25) is 4.98 Å². The molecular formula is C21H22N4O2. The number of anilines is 1. The summed E-state index contributed by atoms with van der Waals surface area (Å²) in [6.45, 7) is -0.259. The summed E-state index contributed by atoms with van der Waals surface area (Å²) in [5.41, 5.74) is 9.74. The Hall–Kier alpha value is -3.22. The largest absolute Gasteiger partial charge is 0.394 e. The molecule has 0 saturated heterocycles. The van der Waals surface area contributed by atoms with Gasteiger partial charge in [-0.15, -0.1) is 0 Å². The Bertz CT molecular complexity index is 854. The second-order valence-corrected chi connectivity index (χ2v) is 6.14. The number of pyridine rings is 1. The van der Waals surface area contributed by atoms with Gasteiger partial charge in [-0.25, -0.2) is 4.79 Å². The zero-order chi connectivity index (χ0) is 19.1. The van der Waals surface area contributed by atoms with Crippen molar-refractivity contribution in [2.24, 2.45) is 5.73 Å². The fraction of sp³-hybridized carbons (Fsp3) is 0.143. The van der Waals surface area contributed by atoms with Gasteiger partial charge in [0.05, 0.1) is 18.7 Å². The summed E-state index contributed by atoms with van der Waals surface area (Å²) in [5, 5.41) is 15.1. The Morgan fingerprint density at radius 2 is 1.59 bits per heavy atom. The van der Waals surface area contributed by atoms with Gasteiger partial charge in [0.25, 0.3) is 0 Å². The van der Waals surface area contributed by atoms with E-state index in [1.54, 1.807) is 12.4 Å². The van der Waals surface area contributed by atoms with E-state index in [2.05, 4.69) is 15.6 Å². The van der Waals surface area contributed by atoms with Crippen molar-refractivity contribution < 1.29 is 9.90 Å². The quantitative estimate of drug-likeness (QED) is 0.542. The first-order valence-electron chi connectivity index (χ1n) is 8.67. The molecule has 0 saturated carbocycles. The highest BCUT2D eigenvalue weighted by atomic mass is 16.3. The highest BCUT2D eigenvalue weighted by Crippen LogP contribution is 2.20.